The second-order valence-corrected chi connectivity index (χ2v) is 7.99. The lowest BCUT2D eigenvalue weighted by atomic mass is 10.1. The van der Waals surface area contributed by atoms with E-state index in [2.05, 4.69) is 26.2 Å². The highest BCUT2D eigenvalue weighted by Gasteiger charge is 2.15. The lowest BCUT2D eigenvalue weighted by molar-refractivity contribution is -0.113. The number of carbonyl (C=O) groups is 2. The van der Waals surface area contributed by atoms with Gasteiger partial charge in [0.1, 0.15) is 5.82 Å². The Labute approximate surface area is 193 Å². The van der Waals surface area contributed by atoms with E-state index in [1.807, 2.05) is 31.2 Å². The maximum Gasteiger partial charge on any atom is 0.257 e. The fraction of sp³-hybridized carbons (Fsp3) is 0.0870. The van der Waals surface area contributed by atoms with Gasteiger partial charge in [-0.3, -0.25) is 9.59 Å². The van der Waals surface area contributed by atoms with Gasteiger partial charge in [-0.25, -0.2) is 4.39 Å². The summed E-state index contributed by atoms with van der Waals surface area (Å²) < 4.78 is 14.6. The number of carbonyl (C=O) groups excluding carboxylic acids is 2. The maximum atomic E-state index is 13.1. The van der Waals surface area contributed by atoms with Crippen molar-refractivity contribution in [3.8, 4) is 5.69 Å². The van der Waals surface area contributed by atoms with Gasteiger partial charge in [0, 0.05) is 5.69 Å². The van der Waals surface area contributed by atoms with Crippen molar-refractivity contribution in [2.45, 2.75) is 12.1 Å². The predicted octanol–water partition coefficient (Wildman–Crippen LogP) is 4.09. The van der Waals surface area contributed by atoms with Gasteiger partial charge in [0.15, 0.2) is 0 Å². The number of nitrogens with zero attached hydrogens (tertiary/aromatic N) is 4. The molecule has 1 heterocycles. The van der Waals surface area contributed by atoms with Crippen LogP contribution in [0, 0.1) is 12.7 Å². The lowest BCUT2D eigenvalue weighted by Gasteiger charge is -2.11. The number of thioether (sulfide) groups is 1. The average Bonchev–Trinajstić information content (AvgIpc) is 3.29. The number of aromatic nitrogens is 4. The highest BCUT2D eigenvalue weighted by molar-refractivity contribution is 7.99. The molecule has 3 aromatic carbocycles. The van der Waals surface area contributed by atoms with E-state index < -0.39 is 11.7 Å². The van der Waals surface area contributed by atoms with Crippen LogP contribution in [0.1, 0.15) is 15.9 Å². The van der Waals surface area contributed by atoms with Crippen LogP contribution in [0.4, 0.5) is 15.8 Å². The third kappa shape index (κ3) is 5.60. The largest absolute Gasteiger partial charge is 0.325 e. The normalized spacial score (nSPS) is 10.6. The van der Waals surface area contributed by atoms with Crippen LogP contribution in [0.3, 0.4) is 0 Å². The number of hydrogen-bond donors (Lipinski definition) is 2. The number of rotatable bonds is 7. The number of aryl methyl sites for hydroxylation is 1. The minimum absolute atomic E-state index is 0.0418. The molecule has 33 heavy (non-hydrogen) atoms. The summed E-state index contributed by atoms with van der Waals surface area (Å²) in [6.45, 7) is 1.99. The van der Waals surface area contributed by atoms with Crippen LogP contribution in [-0.2, 0) is 4.79 Å². The standard InChI is InChI=1S/C23H19FN6O2S/c1-15-6-12-18(13-7-15)30-23(27-28-29-30)33-14-21(31)26-20-5-3-2-4-19(20)22(32)25-17-10-8-16(24)9-11-17/h2-13H,14H2,1H3,(H,25,32)(H,26,31). The maximum absolute atomic E-state index is 13.1. The molecule has 0 radical (unpaired) electrons. The van der Waals surface area contributed by atoms with E-state index in [4.69, 9.17) is 0 Å². The first kappa shape index (κ1) is 22.2. The zero-order chi connectivity index (χ0) is 23.2. The van der Waals surface area contributed by atoms with Crippen molar-refractivity contribution < 1.29 is 14.0 Å². The van der Waals surface area contributed by atoms with Crippen molar-refractivity contribution in [3.05, 3.63) is 89.7 Å². The highest BCUT2D eigenvalue weighted by atomic mass is 32.2. The van der Waals surface area contributed by atoms with Crippen LogP contribution in [0.15, 0.2) is 78.0 Å². The monoisotopic (exact) mass is 462 g/mol. The molecule has 10 heteroatoms. The molecule has 2 amide bonds. The molecule has 0 fully saturated rings. The molecule has 2 N–H and O–H groups in total. The fourth-order valence-corrected chi connectivity index (χ4v) is 3.65. The molecule has 4 aromatic rings. The van der Waals surface area contributed by atoms with Gasteiger partial charge in [-0.2, -0.15) is 4.68 Å². The molecular formula is C23H19FN6O2S. The van der Waals surface area contributed by atoms with Crippen LogP contribution >= 0.6 is 11.8 Å². The van der Waals surface area contributed by atoms with Crippen molar-refractivity contribution in [1.29, 1.82) is 0 Å². The molecule has 0 unspecified atom stereocenters. The van der Waals surface area contributed by atoms with E-state index in [1.54, 1.807) is 28.9 Å². The third-order valence-corrected chi connectivity index (χ3v) is 5.52. The summed E-state index contributed by atoms with van der Waals surface area (Å²) in [6, 6.07) is 19.8. The predicted molar refractivity (Wildman–Crippen MR) is 124 cm³/mol. The Bertz CT molecular complexity index is 1270. The molecule has 0 saturated heterocycles. The van der Waals surface area contributed by atoms with Crippen molar-refractivity contribution >= 4 is 35.0 Å². The number of para-hydroxylation sites is 1. The second-order valence-electron chi connectivity index (χ2n) is 7.05. The van der Waals surface area contributed by atoms with Gasteiger partial charge in [0.2, 0.25) is 11.1 Å². The van der Waals surface area contributed by atoms with Gasteiger partial charge in [-0.15, -0.1) is 5.10 Å². The molecule has 0 spiro atoms. The Balaban J connectivity index is 1.41. The molecule has 0 atom stereocenters. The van der Waals surface area contributed by atoms with Crippen LogP contribution in [0.2, 0.25) is 0 Å². The van der Waals surface area contributed by atoms with Gasteiger partial charge in [0.25, 0.3) is 5.91 Å². The van der Waals surface area contributed by atoms with Crippen LogP contribution in [0.5, 0.6) is 0 Å². The summed E-state index contributed by atoms with van der Waals surface area (Å²) in [5.74, 6) is -1.10. The number of halogens is 1. The van der Waals surface area contributed by atoms with Crippen LogP contribution < -0.4 is 10.6 Å². The molecule has 4 rings (SSSR count). The Morgan fingerprint density at radius 1 is 0.970 bits per heavy atom. The van der Waals surface area contributed by atoms with Gasteiger partial charge in [0.05, 0.1) is 22.7 Å². The zero-order valence-electron chi connectivity index (χ0n) is 17.5. The molecule has 0 aliphatic rings. The van der Waals surface area contributed by atoms with Crippen molar-refractivity contribution in [3.63, 3.8) is 0 Å². The average molecular weight is 463 g/mol. The summed E-state index contributed by atoms with van der Waals surface area (Å²) in [5, 5.41) is 17.6. The van der Waals surface area contributed by atoms with Crippen LogP contribution in [-0.4, -0.2) is 37.8 Å². The topological polar surface area (TPSA) is 102 Å². The Kier molecular flexibility index (Phi) is 6.75. The van der Waals surface area contributed by atoms with E-state index >= 15 is 0 Å². The Morgan fingerprint density at radius 2 is 1.70 bits per heavy atom. The quantitative estimate of drug-likeness (QED) is 0.401. The second kappa shape index (κ2) is 10.0. The summed E-state index contributed by atoms with van der Waals surface area (Å²) >= 11 is 1.18. The number of anilines is 2. The Hall–Kier alpha value is -4.05. The minimum atomic E-state index is -0.423. The van der Waals surface area contributed by atoms with Crippen molar-refractivity contribution in [2.75, 3.05) is 16.4 Å². The number of amides is 2. The summed E-state index contributed by atoms with van der Waals surface area (Å²) in [7, 11) is 0. The third-order valence-electron chi connectivity index (χ3n) is 4.60. The van der Waals surface area contributed by atoms with Gasteiger partial charge >= 0.3 is 0 Å². The van der Waals surface area contributed by atoms with Gasteiger partial charge in [-0.1, -0.05) is 41.6 Å². The van der Waals surface area contributed by atoms with E-state index in [9.17, 15) is 14.0 Å². The molecular weight excluding hydrogens is 443 g/mol. The smallest absolute Gasteiger partial charge is 0.257 e. The first-order valence-electron chi connectivity index (χ1n) is 9.93. The molecule has 0 aliphatic heterocycles. The summed E-state index contributed by atoms with van der Waals surface area (Å²) in [5.41, 5.74) is 2.99. The van der Waals surface area contributed by atoms with E-state index in [0.717, 1.165) is 11.3 Å². The lowest BCUT2D eigenvalue weighted by Crippen LogP contribution is -2.19. The molecule has 166 valence electrons. The summed E-state index contributed by atoms with van der Waals surface area (Å²) in [4.78, 5) is 25.3. The van der Waals surface area contributed by atoms with Gasteiger partial charge < -0.3 is 10.6 Å². The molecule has 1 aromatic heterocycles. The SMILES string of the molecule is Cc1ccc(-n2nnnc2SCC(=O)Nc2ccccc2C(=O)Nc2ccc(F)cc2)cc1. The van der Waals surface area contributed by atoms with Crippen molar-refractivity contribution in [1.82, 2.24) is 20.2 Å². The minimum Gasteiger partial charge on any atom is -0.325 e. The number of hydrogen-bond acceptors (Lipinski definition) is 6. The molecule has 0 aliphatic carbocycles. The summed E-state index contributed by atoms with van der Waals surface area (Å²) in [6.07, 6.45) is 0. The fourth-order valence-electron chi connectivity index (χ4n) is 2.96. The van der Waals surface area contributed by atoms with Gasteiger partial charge in [-0.05, 0) is 65.9 Å². The van der Waals surface area contributed by atoms with E-state index in [0.29, 0.717) is 16.5 Å². The molecule has 0 bridgehead atoms. The van der Waals surface area contributed by atoms with E-state index in [-0.39, 0.29) is 17.2 Å². The molecule has 0 saturated carbocycles. The number of nitrogens with one attached hydrogen (secondary N) is 2. The zero-order valence-corrected chi connectivity index (χ0v) is 18.3. The molecule has 8 nitrogen and oxygen atoms in total. The Morgan fingerprint density at radius 3 is 2.45 bits per heavy atom. The number of tetrazole rings is 1. The number of benzene rings is 3. The van der Waals surface area contributed by atoms with Crippen LogP contribution in [0.25, 0.3) is 5.69 Å². The first-order chi connectivity index (χ1) is 16.0. The van der Waals surface area contributed by atoms with E-state index in [1.165, 1.54) is 36.0 Å². The first-order valence-corrected chi connectivity index (χ1v) is 10.9. The highest BCUT2D eigenvalue weighted by Crippen LogP contribution is 2.21. The van der Waals surface area contributed by atoms with Crippen molar-refractivity contribution in [2.24, 2.45) is 0 Å².